The average molecular weight is 335 g/mol. The van der Waals surface area contributed by atoms with Gasteiger partial charge in [-0.05, 0) is 18.2 Å². The van der Waals surface area contributed by atoms with Gasteiger partial charge in [0.05, 0.1) is 12.9 Å². The number of nitrogens with one attached hydrogen (secondary N) is 1. The standard InChI is InChI=1S/C12H17NO6S2/c1-19-10-5-4-9(8-11(10)21(3,17)18)12(14)13-6-7-20(2,15)16/h4-5,8H,6-7H2,1-3H3,(H,13,14). The van der Waals surface area contributed by atoms with E-state index in [1.54, 1.807) is 0 Å². The van der Waals surface area contributed by atoms with Crippen molar-refractivity contribution in [2.75, 3.05) is 31.9 Å². The number of carbonyl (C=O) groups excluding carboxylic acids is 1. The van der Waals surface area contributed by atoms with E-state index in [0.29, 0.717) is 0 Å². The maximum Gasteiger partial charge on any atom is 0.251 e. The summed E-state index contributed by atoms with van der Waals surface area (Å²) in [6, 6.07) is 3.98. The summed E-state index contributed by atoms with van der Waals surface area (Å²) in [5, 5.41) is 2.42. The lowest BCUT2D eigenvalue weighted by Gasteiger charge is -2.09. The van der Waals surface area contributed by atoms with Gasteiger partial charge in [-0.3, -0.25) is 4.79 Å². The molecule has 7 nitrogen and oxygen atoms in total. The molecule has 0 heterocycles. The molecule has 1 aromatic rings. The van der Waals surface area contributed by atoms with Crippen molar-refractivity contribution in [3.63, 3.8) is 0 Å². The Hall–Kier alpha value is -1.61. The number of ether oxygens (including phenoxy) is 1. The van der Waals surface area contributed by atoms with Crippen molar-refractivity contribution in [1.29, 1.82) is 0 Å². The molecule has 9 heteroatoms. The van der Waals surface area contributed by atoms with E-state index in [1.807, 2.05) is 0 Å². The molecule has 0 atom stereocenters. The molecule has 118 valence electrons. The van der Waals surface area contributed by atoms with E-state index >= 15 is 0 Å². The van der Waals surface area contributed by atoms with Crippen LogP contribution in [-0.2, 0) is 19.7 Å². The predicted molar refractivity (Wildman–Crippen MR) is 78.1 cm³/mol. The van der Waals surface area contributed by atoms with Crippen LogP contribution in [0.3, 0.4) is 0 Å². The molecule has 21 heavy (non-hydrogen) atoms. The van der Waals surface area contributed by atoms with Gasteiger partial charge in [0.2, 0.25) is 0 Å². The molecule has 0 aliphatic carbocycles. The number of sulfone groups is 2. The Morgan fingerprint density at radius 2 is 1.81 bits per heavy atom. The van der Waals surface area contributed by atoms with Crippen molar-refractivity contribution in [1.82, 2.24) is 5.32 Å². The highest BCUT2D eigenvalue weighted by molar-refractivity contribution is 7.91. The van der Waals surface area contributed by atoms with Gasteiger partial charge < -0.3 is 10.1 Å². The highest BCUT2D eigenvalue weighted by Crippen LogP contribution is 2.24. The van der Waals surface area contributed by atoms with Gasteiger partial charge in [-0.2, -0.15) is 0 Å². The molecule has 1 aromatic carbocycles. The quantitative estimate of drug-likeness (QED) is 0.776. The third-order valence-corrected chi connectivity index (χ3v) is 4.65. The van der Waals surface area contributed by atoms with E-state index in [0.717, 1.165) is 12.5 Å². The Morgan fingerprint density at radius 1 is 1.19 bits per heavy atom. The molecule has 1 N–H and O–H groups in total. The molecule has 0 aliphatic rings. The third kappa shape index (κ3) is 5.35. The minimum atomic E-state index is -3.55. The van der Waals surface area contributed by atoms with Crippen LogP contribution in [0.15, 0.2) is 23.1 Å². The normalized spacial score (nSPS) is 12.0. The fraction of sp³-hybridized carbons (Fsp3) is 0.417. The molecule has 0 radical (unpaired) electrons. The van der Waals surface area contributed by atoms with E-state index in [4.69, 9.17) is 4.74 Å². The SMILES string of the molecule is COc1ccc(C(=O)NCCS(C)(=O)=O)cc1S(C)(=O)=O. The van der Waals surface area contributed by atoms with Gasteiger partial charge in [-0.25, -0.2) is 16.8 Å². The molecular formula is C12H17NO6S2. The largest absolute Gasteiger partial charge is 0.495 e. The van der Waals surface area contributed by atoms with Crippen molar-refractivity contribution in [2.45, 2.75) is 4.90 Å². The van der Waals surface area contributed by atoms with Gasteiger partial charge in [0.1, 0.15) is 20.5 Å². The van der Waals surface area contributed by atoms with Crippen LogP contribution in [0.5, 0.6) is 5.75 Å². The fourth-order valence-electron chi connectivity index (χ4n) is 1.56. The zero-order valence-electron chi connectivity index (χ0n) is 11.9. The van der Waals surface area contributed by atoms with E-state index in [-0.39, 0.29) is 28.5 Å². The molecule has 0 saturated heterocycles. The predicted octanol–water partition coefficient (Wildman–Crippen LogP) is -0.127. The number of carbonyl (C=O) groups is 1. The summed E-state index contributed by atoms with van der Waals surface area (Å²) in [5.41, 5.74) is 0.115. The number of hydrogen-bond acceptors (Lipinski definition) is 6. The highest BCUT2D eigenvalue weighted by atomic mass is 32.2. The number of benzene rings is 1. The summed E-state index contributed by atoms with van der Waals surface area (Å²) in [7, 11) is -5.39. The van der Waals surface area contributed by atoms with Gasteiger partial charge in [-0.15, -0.1) is 0 Å². The Morgan fingerprint density at radius 3 is 2.29 bits per heavy atom. The molecule has 0 aliphatic heterocycles. The second kappa shape index (κ2) is 6.44. The Labute approximate surface area is 124 Å². The molecule has 1 amide bonds. The first-order valence-corrected chi connectivity index (χ1v) is 9.84. The summed E-state index contributed by atoms with van der Waals surface area (Å²) in [6.07, 6.45) is 2.07. The smallest absolute Gasteiger partial charge is 0.251 e. The minimum absolute atomic E-state index is 0.0437. The number of methoxy groups -OCH3 is 1. The third-order valence-electron chi connectivity index (χ3n) is 2.58. The van der Waals surface area contributed by atoms with Crippen molar-refractivity contribution >= 4 is 25.6 Å². The average Bonchev–Trinajstić information content (AvgIpc) is 2.35. The second-order valence-electron chi connectivity index (χ2n) is 4.52. The number of amides is 1. The van der Waals surface area contributed by atoms with Crippen molar-refractivity contribution in [2.24, 2.45) is 0 Å². The van der Waals surface area contributed by atoms with Gasteiger partial charge in [-0.1, -0.05) is 0 Å². The monoisotopic (exact) mass is 335 g/mol. The van der Waals surface area contributed by atoms with E-state index < -0.39 is 25.6 Å². The Bertz CT molecular complexity index is 737. The maximum atomic E-state index is 11.9. The molecule has 0 spiro atoms. The van der Waals surface area contributed by atoms with Gasteiger partial charge in [0.25, 0.3) is 5.91 Å². The summed E-state index contributed by atoms with van der Waals surface area (Å²) in [5.74, 6) is -0.593. The summed E-state index contributed by atoms with van der Waals surface area (Å²) in [6.45, 7) is -0.0437. The number of rotatable bonds is 6. The molecule has 0 saturated carbocycles. The first kappa shape index (κ1) is 17.4. The number of hydrogen-bond donors (Lipinski definition) is 1. The molecule has 0 aromatic heterocycles. The van der Waals surface area contributed by atoms with Crippen LogP contribution < -0.4 is 10.1 Å². The fourth-order valence-corrected chi connectivity index (χ4v) is 2.89. The van der Waals surface area contributed by atoms with E-state index in [2.05, 4.69) is 5.32 Å². The lowest BCUT2D eigenvalue weighted by atomic mass is 10.2. The van der Waals surface area contributed by atoms with Crippen molar-refractivity contribution < 1.29 is 26.4 Å². The Balaban J connectivity index is 2.97. The van der Waals surface area contributed by atoms with Crippen molar-refractivity contribution in [3.8, 4) is 5.75 Å². The summed E-state index contributed by atoms with van der Waals surface area (Å²) >= 11 is 0. The highest BCUT2D eigenvalue weighted by Gasteiger charge is 2.17. The van der Waals surface area contributed by atoms with E-state index in [9.17, 15) is 21.6 Å². The lowest BCUT2D eigenvalue weighted by Crippen LogP contribution is -2.28. The topological polar surface area (TPSA) is 107 Å². The van der Waals surface area contributed by atoms with Gasteiger partial charge >= 0.3 is 0 Å². The summed E-state index contributed by atoms with van der Waals surface area (Å²) < 4.78 is 50.2. The van der Waals surface area contributed by atoms with Crippen LogP contribution in [-0.4, -0.2) is 54.7 Å². The lowest BCUT2D eigenvalue weighted by molar-refractivity contribution is 0.0956. The van der Waals surface area contributed by atoms with Crippen molar-refractivity contribution in [3.05, 3.63) is 23.8 Å². The zero-order chi connectivity index (χ0) is 16.3. The minimum Gasteiger partial charge on any atom is -0.495 e. The Kier molecular flexibility index (Phi) is 5.35. The maximum absolute atomic E-state index is 11.9. The molecule has 0 bridgehead atoms. The molecule has 0 unspecified atom stereocenters. The molecule has 0 fully saturated rings. The van der Waals surface area contributed by atoms with E-state index in [1.165, 1.54) is 25.3 Å². The first-order chi connectivity index (χ1) is 9.54. The van der Waals surface area contributed by atoms with Crippen LogP contribution in [0, 0.1) is 0 Å². The van der Waals surface area contributed by atoms with Gasteiger partial charge in [0, 0.05) is 24.6 Å². The first-order valence-electron chi connectivity index (χ1n) is 5.88. The molecular weight excluding hydrogens is 318 g/mol. The van der Waals surface area contributed by atoms with Crippen LogP contribution in [0.2, 0.25) is 0 Å². The summed E-state index contributed by atoms with van der Waals surface area (Å²) in [4.78, 5) is 11.8. The van der Waals surface area contributed by atoms with Crippen LogP contribution in [0.25, 0.3) is 0 Å². The zero-order valence-corrected chi connectivity index (χ0v) is 13.5. The van der Waals surface area contributed by atoms with Crippen LogP contribution in [0.1, 0.15) is 10.4 Å². The van der Waals surface area contributed by atoms with Gasteiger partial charge in [0.15, 0.2) is 9.84 Å². The van der Waals surface area contributed by atoms with Crippen LogP contribution >= 0.6 is 0 Å². The van der Waals surface area contributed by atoms with Crippen LogP contribution in [0.4, 0.5) is 0 Å². The second-order valence-corrected chi connectivity index (χ2v) is 8.77. The molecule has 1 rings (SSSR count).